The second-order valence-electron chi connectivity index (χ2n) is 16.8. The van der Waals surface area contributed by atoms with E-state index in [1.165, 1.54) is 89.0 Å². The van der Waals surface area contributed by atoms with Crippen molar-refractivity contribution in [2.75, 3.05) is 4.90 Å². The highest BCUT2D eigenvalue weighted by Gasteiger charge is 2.52. The van der Waals surface area contributed by atoms with E-state index >= 15 is 0 Å². The maximum absolute atomic E-state index is 2.51. The number of nitrogens with zero attached hydrogens (tertiary/aromatic N) is 1. The highest BCUT2D eigenvalue weighted by molar-refractivity contribution is 5.97. The zero-order valence-corrected chi connectivity index (χ0v) is 33.2. The van der Waals surface area contributed by atoms with Gasteiger partial charge in [-0.3, -0.25) is 0 Å². The van der Waals surface area contributed by atoms with Crippen molar-refractivity contribution in [1.82, 2.24) is 0 Å². The van der Waals surface area contributed by atoms with Crippen molar-refractivity contribution in [1.29, 1.82) is 0 Å². The van der Waals surface area contributed by atoms with Crippen LogP contribution in [0.1, 0.15) is 47.2 Å². The highest BCUT2D eigenvalue weighted by Crippen LogP contribution is 2.64. The molecule has 1 nitrogen and oxygen atoms in total. The molecule has 1 spiro atoms. The van der Waals surface area contributed by atoms with Gasteiger partial charge in [-0.05, 0) is 131 Å². The topological polar surface area (TPSA) is 3.24 Å². The molecule has 0 N–H and O–H groups in total. The largest absolute Gasteiger partial charge is 0.310 e. The van der Waals surface area contributed by atoms with Gasteiger partial charge in [0.05, 0.1) is 5.41 Å². The Morgan fingerprint density at radius 1 is 0.271 bits per heavy atom. The number of benzene rings is 9. The molecule has 0 saturated carbocycles. The van der Waals surface area contributed by atoms with Crippen LogP contribution in [0, 0.1) is 0 Å². The van der Waals surface area contributed by atoms with E-state index in [2.05, 4.69) is 231 Å². The van der Waals surface area contributed by atoms with E-state index in [0.29, 0.717) is 0 Å². The van der Waals surface area contributed by atoms with Crippen LogP contribution in [0.15, 0.2) is 212 Å². The van der Waals surface area contributed by atoms with E-state index in [0.717, 1.165) is 17.1 Å². The van der Waals surface area contributed by atoms with Gasteiger partial charge in [-0.2, -0.15) is 0 Å². The van der Waals surface area contributed by atoms with E-state index in [-0.39, 0.29) is 5.41 Å². The van der Waals surface area contributed by atoms with Gasteiger partial charge in [0.15, 0.2) is 0 Å². The van der Waals surface area contributed by atoms with Crippen molar-refractivity contribution in [3.05, 3.63) is 246 Å². The van der Waals surface area contributed by atoms with Gasteiger partial charge in [0.25, 0.3) is 0 Å². The van der Waals surface area contributed by atoms with Crippen LogP contribution in [0.3, 0.4) is 0 Å². The predicted molar refractivity (Wildman–Crippen MR) is 246 cm³/mol. The summed E-state index contributed by atoms with van der Waals surface area (Å²) in [5.41, 5.74) is 23.7. The van der Waals surface area contributed by atoms with Crippen LogP contribution >= 0.6 is 0 Å². The molecule has 0 aromatic heterocycles. The van der Waals surface area contributed by atoms with Crippen LogP contribution in [-0.4, -0.2) is 0 Å². The first kappa shape index (κ1) is 33.9. The second-order valence-corrected chi connectivity index (χ2v) is 16.8. The van der Waals surface area contributed by atoms with Crippen LogP contribution in [-0.2, 0) is 10.8 Å². The Morgan fingerprint density at radius 2 is 0.644 bits per heavy atom. The summed E-state index contributed by atoms with van der Waals surface area (Å²) in [5.74, 6) is 0. The third kappa shape index (κ3) is 4.79. The Kier molecular flexibility index (Phi) is 7.26. The van der Waals surface area contributed by atoms with Crippen LogP contribution in [0.25, 0.3) is 55.6 Å². The molecule has 9 aromatic carbocycles. The van der Waals surface area contributed by atoms with Gasteiger partial charge < -0.3 is 4.90 Å². The summed E-state index contributed by atoms with van der Waals surface area (Å²) in [5, 5.41) is 0. The lowest BCUT2D eigenvalue weighted by atomic mass is 9.70. The zero-order chi connectivity index (χ0) is 39.3. The standard InChI is InChI=1S/C58H41N/c1-57(2)51-22-12-9-19-45(51)48-33-30-43(36-54(48)57)59(42-28-25-40(26-29-42)38-15-5-3-6-16-38)44-31-34-50-49-32-27-41(39-17-7-4-8-18-39)35-55(49)58(56(50)37-44)52-23-13-10-20-46(52)47-21-11-14-24-53(47)58/h3-37H,1-2H3. The number of fused-ring (bicyclic) bond motifs is 13. The first-order valence-electron chi connectivity index (χ1n) is 20.8. The molecule has 3 aliphatic rings. The van der Waals surface area contributed by atoms with Gasteiger partial charge in [-0.15, -0.1) is 0 Å². The summed E-state index contributed by atoms with van der Waals surface area (Å²) in [4.78, 5) is 2.48. The predicted octanol–water partition coefficient (Wildman–Crippen LogP) is 15.1. The van der Waals surface area contributed by atoms with E-state index in [1.807, 2.05) is 0 Å². The zero-order valence-electron chi connectivity index (χ0n) is 33.2. The molecule has 9 aromatic rings. The first-order chi connectivity index (χ1) is 29.0. The average Bonchev–Trinajstić information content (AvgIpc) is 3.85. The third-order valence-electron chi connectivity index (χ3n) is 13.5. The Balaban J connectivity index is 1.10. The van der Waals surface area contributed by atoms with Gasteiger partial charge in [0, 0.05) is 22.5 Å². The number of hydrogen-bond donors (Lipinski definition) is 0. The molecule has 0 radical (unpaired) electrons. The highest BCUT2D eigenvalue weighted by atomic mass is 15.1. The molecule has 0 fully saturated rings. The molecular weight excluding hydrogens is 711 g/mol. The Labute approximate surface area is 346 Å². The molecule has 0 unspecified atom stereocenters. The summed E-state index contributed by atoms with van der Waals surface area (Å²) >= 11 is 0. The number of rotatable bonds is 5. The van der Waals surface area contributed by atoms with Gasteiger partial charge in [0.1, 0.15) is 0 Å². The van der Waals surface area contributed by atoms with Gasteiger partial charge in [-0.1, -0.05) is 184 Å². The summed E-state index contributed by atoms with van der Waals surface area (Å²) in [6.07, 6.45) is 0. The Morgan fingerprint density at radius 3 is 1.24 bits per heavy atom. The average molecular weight is 752 g/mol. The lowest BCUT2D eigenvalue weighted by molar-refractivity contribution is 0.660. The lowest BCUT2D eigenvalue weighted by Crippen LogP contribution is -2.26. The maximum Gasteiger partial charge on any atom is 0.0726 e. The molecule has 0 heterocycles. The summed E-state index contributed by atoms with van der Waals surface area (Å²) in [7, 11) is 0. The minimum Gasteiger partial charge on any atom is -0.310 e. The molecule has 0 bridgehead atoms. The van der Waals surface area contributed by atoms with Crippen molar-refractivity contribution in [3.63, 3.8) is 0 Å². The van der Waals surface area contributed by atoms with Crippen molar-refractivity contribution >= 4 is 17.1 Å². The molecule has 0 saturated heterocycles. The lowest BCUT2D eigenvalue weighted by Gasteiger charge is -2.33. The smallest absolute Gasteiger partial charge is 0.0726 e. The fourth-order valence-electron chi connectivity index (χ4n) is 10.8. The number of anilines is 3. The molecular formula is C58H41N. The van der Waals surface area contributed by atoms with Gasteiger partial charge in [-0.25, -0.2) is 0 Å². The fourth-order valence-corrected chi connectivity index (χ4v) is 10.8. The van der Waals surface area contributed by atoms with Crippen LogP contribution in [0.4, 0.5) is 17.1 Å². The van der Waals surface area contributed by atoms with E-state index in [9.17, 15) is 0 Å². The molecule has 59 heavy (non-hydrogen) atoms. The molecule has 0 atom stereocenters. The molecule has 0 amide bonds. The van der Waals surface area contributed by atoms with E-state index in [1.54, 1.807) is 0 Å². The van der Waals surface area contributed by atoms with Crippen molar-refractivity contribution in [2.24, 2.45) is 0 Å². The second kappa shape index (κ2) is 12.6. The summed E-state index contributed by atoms with van der Waals surface area (Å²) in [6.45, 7) is 4.74. The molecule has 1 heteroatoms. The number of hydrogen-bond acceptors (Lipinski definition) is 1. The van der Waals surface area contributed by atoms with Crippen molar-refractivity contribution < 1.29 is 0 Å². The SMILES string of the molecule is CC1(C)c2ccccc2-c2ccc(N(c3ccc(-c4ccccc4)cc3)c3ccc4c(c3)C3(c5ccccc5-c5ccccc53)c3cc(-c5ccccc5)ccc3-4)cc21. The molecule has 12 rings (SSSR count). The maximum atomic E-state index is 2.51. The minimum atomic E-state index is -0.483. The van der Waals surface area contributed by atoms with Gasteiger partial charge in [0.2, 0.25) is 0 Å². The summed E-state index contributed by atoms with van der Waals surface area (Å²) in [6, 6.07) is 79.3. The fraction of sp³-hybridized carbons (Fsp3) is 0.0690. The first-order valence-corrected chi connectivity index (χ1v) is 20.8. The molecule has 0 aliphatic heterocycles. The van der Waals surface area contributed by atoms with Crippen molar-refractivity contribution in [2.45, 2.75) is 24.7 Å². The Hall–Kier alpha value is -7.22. The quantitative estimate of drug-likeness (QED) is 0.169. The third-order valence-corrected chi connectivity index (χ3v) is 13.5. The monoisotopic (exact) mass is 751 g/mol. The minimum absolute atomic E-state index is 0.123. The van der Waals surface area contributed by atoms with Crippen molar-refractivity contribution in [3.8, 4) is 55.6 Å². The van der Waals surface area contributed by atoms with Gasteiger partial charge >= 0.3 is 0 Å². The van der Waals surface area contributed by atoms with E-state index in [4.69, 9.17) is 0 Å². The summed E-state index contributed by atoms with van der Waals surface area (Å²) < 4.78 is 0. The molecule has 3 aliphatic carbocycles. The van der Waals surface area contributed by atoms with Crippen LogP contribution in [0.2, 0.25) is 0 Å². The van der Waals surface area contributed by atoms with Crippen LogP contribution in [0.5, 0.6) is 0 Å². The normalized spacial score (nSPS) is 14.2. The molecule has 278 valence electrons. The Bertz CT molecular complexity index is 3070. The van der Waals surface area contributed by atoms with Crippen LogP contribution < -0.4 is 4.90 Å². The van der Waals surface area contributed by atoms with E-state index < -0.39 is 5.41 Å².